The van der Waals surface area contributed by atoms with Crippen molar-refractivity contribution in [1.82, 2.24) is 5.32 Å². The molecule has 0 spiro atoms. The van der Waals surface area contributed by atoms with Crippen molar-refractivity contribution in [2.45, 2.75) is 44.8 Å². The molecule has 13 heavy (non-hydrogen) atoms. The second-order valence-corrected chi connectivity index (χ2v) is 3.65. The van der Waals surface area contributed by atoms with Crippen molar-refractivity contribution in [2.75, 3.05) is 6.54 Å². The molecule has 0 aromatic rings. The predicted octanol–water partition coefficient (Wildman–Crippen LogP) is 2.72. The third-order valence-electron chi connectivity index (χ3n) is 2.68. The van der Waals surface area contributed by atoms with E-state index in [-0.39, 0.29) is 0 Å². The van der Waals surface area contributed by atoms with Gasteiger partial charge in [-0.25, -0.2) is 0 Å². The van der Waals surface area contributed by atoms with Crippen molar-refractivity contribution in [3.63, 3.8) is 0 Å². The Kier molecular flexibility index (Phi) is 3.59. The summed E-state index contributed by atoms with van der Waals surface area (Å²) in [6.45, 7) is 2.83. The van der Waals surface area contributed by atoms with E-state index in [1.54, 1.807) is 0 Å². The lowest BCUT2D eigenvalue weighted by Crippen LogP contribution is -2.36. The van der Waals surface area contributed by atoms with Crippen molar-refractivity contribution in [1.29, 1.82) is 0 Å². The Labute approximate surface area is 76.7 Å². The molecule has 0 aromatic heterocycles. The van der Waals surface area contributed by atoms with E-state index in [1.165, 1.54) is 0 Å². The molecule has 0 amide bonds. The molecule has 0 atom stereocenters. The van der Waals surface area contributed by atoms with Gasteiger partial charge in [0.1, 0.15) is 0 Å². The van der Waals surface area contributed by atoms with E-state index in [1.807, 2.05) is 6.92 Å². The summed E-state index contributed by atoms with van der Waals surface area (Å²) >= 11 is 0. The number of nitrogens with one attached hydrogen (secondary N) is 1. The number of alkyl halides is 3. The van der Waals surface area contributed by atoms with E-state index in [0.717, 1.165) is 6.54 Å². The molecular weight excluding hydrogens is 179 g/mol. The normalized spacial score (nSPS) is 30.5. The van der Waals surface area contributed by atoms with Gasteiger partial charge in [0.2, 0.25) is 0 Å². The molecule has 1 aliphatic rings. The molecule has 0 saturated heterocycles. The highest BCUT2D eigenvalue weighted by atomic mass is 19.4. The second-order valence-electron chi connectivity index (χ2n) is 3.65. The first-order valence-corrected chi connectivity index (χ1v) is 4.84. The minimum atomic E-state index is -3.98. The topological polar surface area (TPSA) is 12.0 Å². The van der Waals surface area contributed by atoms with Crippen LogP contribution in [0.3, 0.4) is 0 Å². The summed E-state index contributed by atoms with van der Waals surface area (Å²) in [7, 11) is 0. The van der Waals surface area contributed by atoms with Gasteiger partial charge in [0.25, 0.3) is 0 Å². The molecule has 1 nitrogen and oxygen atoms in total. The fraction of sp³-hybridized carbons (Fsp3) is 1.00. The van der Waals surface area contributed by atoms with Crippen LogP contribution in [0.15, 0.2) is 0 Å². The highest BCUT2D eigenvalue weighted by Crippen LogP contribution is 2.37. The fourth-order valence-corrected chi connectivity index (χ4v) is 1.91. The van der Waals surface area contributed by atoms with Gasteiger partial charge in [-0.1, -0.05) is 6.92 Å². The van der Waals surface area contributed by atoms with Crippen molar-refractivity contribution in [2.24, 2.45) is 5.92 Å². The summed E-state index contributed by atoms with van der Waals surface area (Å²) < 4.78 is 36.7. The lowest BCUT2D eigenvalue weighted by molar-refractivity contribution is -0.182. The van der Waals surface area contributed by atoms with Crippen LogP contribution in [0.1, 0.15) is 32.6 Å². The van der Waals surface area contributed by atoms with Crippen molar-refractivity contribution in [3.05, 3.63) is 0 Å². The quantitative estimate of drug-likeness (QED) is 0.714. The lowest BCUT2D eigenvalue weighted by Gasteiger charge is -2.30. The molecule has 1 rings (SSSR count). The average Bonchev–Trinajstić information content (AvgIpc) is 2.04. The number of halogens is 3. The maximum absolute atomic E-state index is 12.2. The van der Waals surface area contributed by atoms with Gasteiger partial charge in [0, 0.05) is 6.04 Å². The van der Waals surface area contributed by atoms with Crippen LogP contribution in [0.2, 0.25) is 0 Å². The molecule has 1 fully saturated rings. The zero-order chi connectivity index (χ0) is 9.90. The number of rotatable bonds is 2. The summed E-state index contributed by atoms with van der Waals surface area (Å²) in [5, 5.41) is 3.19. The van der Waals surface area contributed by atoms with Crippen molar-refractivity contribution >= 4 is 0 Å². The van der Waals surface area contributed by atoms with Crippen LogP contribution in [0.5, 0.6) is 0 Å². The fourth-order valence-electron chi connectivity index (χ4n) is 1.91. The Hall–Kier alpha value is -0.250. The summed E-state index contributed by atoms with van der Waals surface area (Å²) in [6, 6.07) is 0.309. The van der Waals surface area contributed by atoms with E-state index < -0.39 is 12.1 Å². The van der Waals surface area contributed by atoms with E-state index in [4.69, 9.17) is 0 Å². The maximum atomic E-state index is 12.2. The van der Waals surface area contributed by atoms with Crippen LogP contribution < -0.4 is 5.32 Å². The largest absolute Gasteiger partial charge is 0.391 e. The number of hydrogen-bond acceptors (Lipinski definition) is 1. The van der Waals surface area contributed by atoms with Crippen LogP contribution in [-0.4, -0.2) is 18.8 Å². The summed E-state index contributed by atoms with van der Waals surface area (Å²) in [4.78, 5) is 0. The number of hydrogen-bond donors (Lipinski definition) is 1. The van der Waals surface area contributed by atoms with Crippen LogP contribution in [0.25, 0.3) is 0 Å². The Balaban J connectivity index is 2.30. The molecule has 0 aliphatic heterocycles. The molecular formula is C9H16F3N. The third kappa shape index (κ3) is 3.18. The SMILES string of the molecule is CCNC1CCC(C(F)(F)F)CC1. The van der Waals surface area contributed by atoms with E-state index >= 15 is 0 Å². The Morgan fingerprint density at radius 1 is 1.15 bits per heavy atom. The minimum Gasteiger partial charge on any atom is -0.314 e. The van der Waals surface area contributed by atoms with Gasteiger partial charge in [-0.05, 0) is 32.2 Å². The van der Waals surface area contributed by atoms with Gasteiger partial charge in [-0.15, -0.1) is 0 Å². The van der Waals surface area contributed by atoms with Crippen molar-refractivity contribution in [3.8, 4) is 0 Å². The molecule has 0 radical (unpaired) electrons. The minimum absolute atomic E-state index is 0.293. The van der Waals surface area contributed by atoms with Gasteiger partial charge in [-0.2, -0.15) is 13.2 Å². The van der Waals surface area contributed by atoms with Gasteiger partial charge >= 0.3 is 6.18 Å². The van der Waals surface area contributed by atoms with Crippen LogP contribution in [0, 0.1) is 5.92 Å². The van der Waals surface area contributed by atoms with Gasteiger partial charge in [-0.3, -0.25) is 0 Å². The predicted molar refractivity (Wildman–Crippen MR) is 45.5 cm³/mol. The van der Waals surface area contributed by atoms with Gasteiger partial charge in [0.15, 0.2) is 0 Å². The first kappa shape index (κ1) is 10.8. The molecule has 4 heteroatoms. The summed E-state index contributed by atoms with van der Waals surface area (Å²) in [5.41, 5.74) is 0. The van der Waals surface area contributed by atoms with E-state index in [9.17, 15) is 13.2 Å². The first-order valence-electron chi connectivity index (χ1n) is 4.84. The summed E-state index contributed by atoms with van der Waals surface area (Å²) in [6.07, 6.45) is -2.06. The maximum Gasteiger partial charge on any atom is 0.391 e. The molecule has 1 saturated carbocycles. The van der Waals surface area contributed by atoms with Crippen LogP contribution in [-0.2, 0) is 0 Å². The zero-order valence-corrected chi connectivity index (χ0v) is 7.82. The van der Waals surface area contributed by atoms with Gasteiger partial charge in [0.05, 0.1) is 5.92 Å². The second kappa shape index (κ2) is 4.31. The smallest absolute Gasteiger partial charge is 0.314 e. The first-order chi connectivity index (χ1) is 6.04. The Bertz CT molecular complexity index is 147. The molecule has 0 unspecified atom stereocenters. The van der Waals surface area contributed by atoms with E-state index in [2.05, 4.69) is 5.32 Å². The zero-order valence-electron chi connectivity index (χ0n) is 7.82. The summed E-state index contributed by atoms with van der Waals surface area (Å²) in [5.74, 6) is -1.05. The average molecular weight is 195 g/mol. The highest BCUT2D eigenvalue weighted by Gasteiger charge is 2.41. The lowest BCUT2D eigenvalue weighted by atomic mass is 9.85. The molecule has 0 aromatic carbocycles. The molecule has 0 heterocycles. The third-order valence-corrected chi connectivity index (χ3v) is 2.68. The monoisotopic (exact) mass is 195 g/mol. The van der Waals surface area contributed by atoms with E-state index in [0.29, 0.717) is 31.7 Å². The Morgan fingerprint density at radius 2 is 1.69 bits per heavy atom. The molecule has 0 bridgehead atoms. The van der Waals surface area contributed by atoms with Crippen LogP contribution >= 0.6 is 0 Å². The standard InChI is InChI=1S/C9H16F3N/c1-2-13-8-5-3-7(4-6-8)9(10,11)12/h7-8,13H,2-6H2,1H3. The Morgan fingerprint density at radius 3 is 2.08 bits per heavy atom. The molecule has 1 aliphatic carbocycles. The molecule has 78 valence electrons. The molecule has 1 N–H and O–H groups in total. The van der Waals surface area contributed by atoms with Crippen LogP contribution in [0.4, 0.5) is 13.2 Å². The highest BCUT2D eigenvalue weighted by molar-refractivity contribution is 4.80. The van der Waals surface area contributed by atoms with Gasteiger partial charge < -0.3 is 5.32 Å². The van der Waals surface area contributed by atoms with Crippen molar-refractivity contribution < 1.29 is 13.2 Å².